The van der Waals surface area contributed by atoms with E-state index in [1.54, 1.807) is 0 Å². The van der Waals surface area contributed by atoms with Gasteiger partial charge in [-0.25, -0.2) is 0 Å². The summed E-state index contributed by atoms with van der Waals surface area (Å²) in [7, 11) is 0. The second-order valence-electron chi connectivity index (χ2n) is 4.23. The quantitative estimate of drug-likeness (QED) is 0.797. The number of aryl methyl sites for hydroxylation is 1. The normalized spacial score (nSPS) is 17.9. The van der Waals surface area contributed by atoms with Gasteiger partial charge in [-0.1, -0.05) is 17.7 Å². The van der Waals surface area contributed by atoms with Crippen LogP contribution in [0.5, 0.6) is 0 Å². The van der Waals surface area contributed by atoms with Crippen molar-refractivity contribution in [3.8, 4) is 0 Å². The molecule has 0 saturated heterocycles. The Morgan fingerprint density at radius 1 is 1.43 bits per heavy atom. The fourth-order valence-electron chi connectivity index (χ4n) is 1.66. The molecule has 1 nitrogen and oxygen atoms in total. The highest BCUT2D eigenvalue weighted by atomic mass is 35.5. The number of rotatable bonds is 3. The second-order valence-corrected chi connectivity index (χ2v) is 4.64. The molecule has 2 rings (SSSR count). The minimum Gasteiger partial charge on any atom is -0.382 e. The molecule has 1 aromatic rings. The second kappa shape index (κ2) is 3.82. The van der Waals surface area contributed by atoms with E-state index >= 15 is 0 Å². The molecular formula is C12H16ClN. The van der Waals surface area contributed by atoms with E-state index < -0.39 is 0 Å². The lowest BCUT2D eigenvalue weighted by atomic mass is 10.2. The molecule has 1 aliphatic rings. The van der Waals surface area contributed by atoms with Crippen LogP contribution in [0.2, 0.25) is 5.02 Å². The summed E-state index contributed by atoms with van der Waals surface area (Å²) in [6.45, 7) is 4.27. The number of halogens is 1. The Bertz CT molecular complexity index is 331. The van der Waals surface area contributed by atoms with Crippen LogP contribution in [0.15, 0.2) is 18.2 Å². The van der Waals surface area contributed by atoms with Gasteiger partial charge in [0.2, 0.25) is 0 Å². The number of anilines is 1. The van der Waals surface area contributed by atoms with E-state index in [4.69, 9.17) is 11.6 Å². The smallest absolute Gasteiger partial charge is 0.0455 e. The summed E-state index contributed by atoms with van der Waals surface area (Å²) in [5.41, 5.74) is 2.27. The van der Waals surface area contributed by atoms with E-state index in [0.717, 1.165) is 22.2 Å². The molecule has 1 fully saturated rings. The average molecular weight is 210 g/mol. The maximum Gasteiger partial charge on any atom is 0.0455 e. The number of nitrogens with one attached hydrogen (secondary N) is 1. The summed E-state index contributed by atoms with van der Waals surface area (Å²) >= 11 is 6.05. The molecule has 0 radical (unpaired) electrons. The molecule has 14 heavy (non-hydrogen) atoms. The van der Waals surface area contributed by atoms with Crippen molar-refractivity contribution >= 4 is 17.3 Å². The lowest BCUT2D eigenvalue weighted by Gasteiger charge is -2.14. The molecule has 1 aliphatic carbocycles. The van der Waals surface area contributed by atoms with Crippen LogP contribution < -0.4 is 5.32 Å². The zero-order valence-corrected chi connectivity index (χ0v) is 9.43. The summed E-state index contributed by atoms with van der Waals surface area (Å²) in [5, 5.41) is 4.33. The molecule has 76 valence electrons. The third kappa shape index (κ3) is 2.21. The minimum atomic E-state index is 0.578. The first-order valence-electron chi connectivity index (χ1n) is 5.19. The zero-order chi connectivity index (χ0) is 10.1. The van der Waals surface area contributed by atoms with E-state index in [0.29, 0.717) is 6.04 Å². The molecule has 0 unspecified atom stereocenters. The van der Waals surface area contributed by atoms with Crippen molar-refractivity contribution in [1.29, 1.82) is 0 Å². The van der Waals surface area contributed by atoms with Gasteiger partial charge in [0.05, 0.1) is 0 Å². The van der Waals surface area contributed by atoms with Crippen LogP contribution in [0.1, 0.15) is 25.3 Å². The monoisotopic (exact) mass is 209 g/mol. The lowest BCUT2D eigenvalue weighted by molar-refractivity contribution is 0.694. The molecule has 0 aliphatic heterocycles. The van der Waals surface area contributed by atoms with Gasteiger partial charge in [-0.05, 0) is 50.3 Å². The highest BCUT2D eigenvalue weighted by molar-refractivity contribution is 6.31. The largest absolute Gasteiger partial charge is 0.382 e. The average Bonchev–Trinajstić information content (AvgIpc) is 2.94. The van der Waals surface area contributed by atoms with Gasteiger partial charge in [-0.15, -0.1) is 0 Å². The first kappa shape index (κ1) is 9.85. The number of benzene rings is 1. The molecule has 1 saturated carbocycles. The molecule has 0 spiro atoms. The Hall–Kier alpha value is -0.690. The summed E-state index contributed by atoms with van der Waals surface area (Å²) in [6, 6.07) is 6.74. The Kier molecular flexibility index (Phi) is 2.69. The Labute approximate surface area is 90.5 Å². The molecule has 0 heterocycles. The van der Waals surface area contributed by atoms with E-state index in [1.165, 1.54) is 12.8 Å². The highest BCUT2D eigenvalue weighted by Gasteiger charge is 2.27. The van der Waals surface area contributed by atoms with Crippen LogP contribution in [0.3, 0.4) is 0 Å². The molecule has 1 aromatic carbocycles. The van der Waals surface area contributed by atoms with Crippen molar-refractivity contribution in [2.24, 2.45) is 5.92 Å². The first-order chi connectivity index (χ1) is 6.66. The molecule has 0 bridgehead atoms. The lowest BCUT2D eigenvalue weighted by Crippen LogP contribution is -2.17. The SMILES string of the molecule is Cc1ccc(N[C@H](C)C2CC2)cc1Cl. The summed E-state index contributed by atoms with van der Waals surface area (Å²) < 4.78 is 0. The van der Waals surface area contributed by atoms with Gasteiger partial charge >= 0.3 is 0 Å². The summed E-state index contributed by atoms with van der Waals surface area (Å²) in [6.07, 6.45) is 2.74. The fraction of sp³-hybridized carbons (Fsp3) is 0.500. The fourth-order valence-corrected chi connectivity index (χ4v) is 1.84. The molecule has 1 N–H and O–H groups in total. The van der Waals surface area contributed by atoms with Crippen LogP contribution in [0.4, 0.5) is 5.69 Å². The van der Waals surface area contributed by atoms with Crippen LogP contribution in [0.25, 0.3) is 0 Å². The van der Waals surface area contributed by atoms with Crippen molar-refractivity contribution < 1.29 is 0 Å². The van der Waals surface area contributed by atoms with E-state index in [9.17, 15) is 0 Å². The Balaban J connectivity index is 2.04. The van der Waals surface area contributed by atoms with Crippen LogP contribution in [-0.4, -0.2) is 6.04 Å². The van der Waals surface area contributed by atoms with Crippen molar-refractivity contribution in [2.75, 3.05) is 5.32 Å². The summed E-state index contributed by atoms with van der Waals surface area (Å²) in [5.74, 6) is 0.870. The van der Waals surface area contributed by atoms with Crippen molar-refractivity contribution in [2.45, 2.75) is 32.7 Å². The van der Waals surface area contributed by atoms with Crippen LogP contribution >= 0.6 is 11.6 Å². The van der Waals surface area contributed by atoms with Gasteiger partial charge < -0.3 is 5.32 Å². The van der Waals surface area contributed by atoms with Crippen LogP contribution in [0, 0.1) is 12.8 Å². The van der Waals surface area contributed by atoms with Crippen molar-refractivity contribution in [3.63, 3.8) is 0 Å². The Morgan fingerprint density at radius 3 is 2.71 bits per heavy atom. The molecule has 0 amide bonds. The van der Waals surface area contributed by atoms with Gasteiger partial charge in [-0.3, -0.25) is 0 Å². The topological polar surface area (TPSA) is 12.0 Å². The third-order valence-corrected chi connectivity index (χ3v) is 3.30. The number of hydrogen-bond acceptors (Lipinski definition) is 1. The number of hydrogen-bond donors (Lipinski definition) is 1. The molecule has 1 atom stereocenters. The predicted octanol–water partition coefficient (Wildman–Crippen LogP) is 3.86. The van der Waals surface area contributed by atoms with E-state index in [1.807, 2.05) is 13.0 Å². The maximum atomic E-state index is 6.05. The minimum absolute atomic E-state index is 0.578. The highest BCUT2D eigenvalue weighted by Crippen LogP contribution is 2.34. The van der Waals surface area contributed by atoms with E-state index in [-0.39, 0.29) is 0 Å². The molecule has 2 heteroatoms. The maximum absolute atomic E-state index is 6.05. The van der Waals surface area contributed by atoms with Gasteiger partial charge in [-0.2, -0.15) is 0 Å². The Morgan fingerprint density at radius 2 is 2.14 bits per heavy atom. The molecule has 0 aromatic heterocycles. The first-order valence-corrected chi connectivity index (χ1v) is 5.57. The van der Waals surface area contributed by atoms with Gasteiger partial charge in [0, 0.05) is 16.8 Å². The van der Waals surface area contributed by atoms with Crippen molar-refractivity contribution in [3.05, 3.63) is 28.8 Å². The van der Waals surface area contributed by atoms with Gasteiger partial charge in [0.15, 0.2) is 0 Å². The predicted molar refractivity (Wildman–Crippen MR) is 62.0 cm³/mol. The standard InChI is InChI=1S/C12H16ClN/c1-8-3-6-11(7-12(8)13)14-9(2)10-4-5-10/h3,6-7,9-10,14H,4-5H2,1-2H3/t9-/m1/s1. The summed E-state index contributed by atoms with van der Waals surface area (Å²) in [4.78, 5) is 0. The van der Waals surface area contributed by atoms with Gasteiger partial charge in [0.1, 0.15) is 0 Å². The molecular weight excluding hydrogens is 194 g/mol. The van der Waals surface area contributed by atoms with E-state index in [2.05, 4.69) is 24.4 Å². The third-order valence-electron chi connectivity index (χ3n) is 2.90. The van der Waals surface area contributed by atoms with Gasteiger partial charge in [0.25, 0.3) is 0 Å². The van der Waals surface area contributed by atoms with Crippen molar-refractivity contribution in [1.82, 2.24) is 0 Å². The van der Waals surface area contributed by atoms with Crippen LogP contribution in [-0.2, 0) is 0 Å². The zero-order valence-electron chi connectivity index (χ0n) is 8.68.